The molecule has 4 heteroatoms. The third kappa shape index (κ3) is 2.00. The second-order valence-corrected chi connectivity index (χ2v) is 3.07. The van der Waals surface area contributed by atoms with Gasteiger partial charge < -0.3 is 9.73 Å². The molecule has 0 radical (unpaired) electrons. The van der Waals surface area contributed by atoms with Crippen molar-refractivity contribution >= 4 is 11.6 Å². The molecule has 1 N–H and O–H groups in total. The van der Waals surface area contributed by atoms with E-state index in [4.69, 9.17) is 4.42 Å². The summed E-state index contributed by atoms with van der Waals surface area (Å²) in [7, 11) is 0. The zero-order chi connectivity index (χ0) is 11.4. The molecule has 0 aliphatic carbocycles. The van der Waals surface area contributed by atoms with Crippen LogP contribution in [0.5, 0.6) is 0 Å². The maximum Gasteiger partial charge on any atom is 0.247 e. The predicted molar refractivity (Wildman–Crippen MR) is 60.8 cm³/mol. The Balaban J connectivity index is 2.38. The van der Waals surface area contributed by atoms with Crippen LogP contribution < -0.4 is 5.32 Å². The van der Waals surface area contributed by atoms with E-state index in [1.807, 2.05) is 0 Å². The number of hydrogen-bond acceptors (Lipinski definition) is 3. The van der Waals surface area contributed by atoms with Gasteiger partial charge in [0.25, 0.3) is 0 Å². The Labute approximate surface area is 92.6 Å². The van der Waals surface area contributed by atoms with E-state index in [1.165, 1.54) is 6.08 Å². The van der Waals surface area contributed by atoms with Gasteiger partial charge in [-0.1, -0.05) is 6.58 Å². The van der Waals surface area contributed by atoms with E-state index in [-0.39, 0.29) is 5.91 Å². The van der Waals surface area contributed by atoms with Gasteiger partial charge in [0.1, 0.15) is 5.69 Å². The van der Waals surface area contributed by atoms with Crippen LogP contribution in [-0.2, 0) is 4.79 Å². The van der Waals surface area contributed by atoms with Crippen LogP contribution in [0.1, 0.15) is 0 Å². The molecule has 1 amide bonds. The highest BCUT2D eigenvalue weighted by atomic mass is 16.3. The zero-order valence-corrected chi connectivity index (χ0v) is 8.51. The van der Waals surface area contributed by atoms with Crippen molar-refractivity contribution in [2.75, 3.05) is 5.32 Å². The smallest absolute Gasteiger partial charge is 0.247 e. The van der Waals surface area contributed by atoms with Crippen LogP contribution in [0.15, 0.2) is 53.8 Å². The van der Waals surface area contributed by atoms with Crippen LogP contribution in [0.4, 0.5) is 5.69 Å². The number of anilines is 1. The van der Waals surface area contributed by atoms with E-state index in [0.29, 0.717) is 17.1 Å². The quantitative estimate of drug-likeness (QED) is 0.798. The SMILES string of the molecule is C=CC(=O)Nc1cccnc1-c1ccco1. The summed E-state index contributed by atoms with van der Waals surface area (Å²) >= 11 is 0. The summed E-state index contributed by atoms with van der Waals surface area (Å²) in [6, 6.07) is 7.05. The van der Waals surface area contributed by atoms with Gasteiger partial charge in [0.15, 0.2) is 5.76 Å². The van der Waals surface area contributed by atoms with Gasteiger partial charge >= 0.3 is 0 Å². The minimum Gasteiger partial charge on any atom is -0.463 e. The minimum absolute atomic E-state index is 0.277. The van der Waals surface area contributed by atoms with Crippen molar-refractivity contribution in [3.05, 3.63) is 49.4 Å². The fraction of sp³-hybridized carbons (Fsp3) is 0. The van der Waals surface area contributed by atoms with Crippen LogP contribution in [-0.4, -0.2) is 10.9 Å². The average molecular weight is 214 g/mol. The first-order valence-electron chi connectivity index (χ1n) is 4.73. The van der Waals surface area contributed by atoms with Crippen LogP contribution in [0, 0.1) is 0 Å². The van der Waals surface area contributed by atoms with Crippen molar-refractivity contribution in [2.24, 2.45) is 0 Å². The van der Waals surface area contributed by atoms with Gasteiger partial charge in [-0.25, -0.2) is 0 Å². The first-order chi connectivity index (χ1) is 7.81. The molecule has 0 aromatic carbocycles. The Morgan fingerprint density at radius 2 is 2.31 bits per heavy atom. The molecular weight excluding hydrogens is 204 g/mol. The Morgan fingerprint density at radius 3 is 3.00 bits per heavy atom. The summed E-state index contributed by atoms with van der Waals surface area (Å²) in [5.41, 5.74) is 1.20. The summed E-state index contributed by atoms with van der Waals surface area (Å²) in [4.78, 5) is 15.4. The third-order valence-corrected chi connectivity index (χ3v) is 2.01. The molecule has 2 heterocycles. The maximum atomic E-state index is 11.2. The second-order valence-electron chi connectivity index (χ2n) is 3.07. The number of furan rings is 1. The van der Waals surface area contributed by atoms with E-state index in [2.05, 4.69) is 16.9 Å². The highest BCUT2D eigenvalue weighted by Crippen LogP contribution is 2.25. The van der Waals surface area contributed by atoms with Crippen molar-refractivity contribution < 1.29 is 9.21 Å². The van der Waals surface area contributed by atoms with Crippen LogP contribution in [0.25, 0.3) is 11.5 Å². The number of nitrogens with zero attached hydrogens (tertiary/aromatic N) is 1. The fourth-order valence-electron chi connectivity index (χ4n) is 1.30. The molecule has 0 unspecified atom stereocenters. The molecule has 0 spiro atoms. The van der Waals surface area contributed by atoms with Crippen LogP contribution >= 0.6 is 0 Å². The highest BCUT2D eigenvalue weighted by Gasteiger charge is 2.09. The molecule has 0 aliphatic rings. The summed E-state index contributed by atoms with van der Waals surface area (Å²) in [5, 5.41) is 2.67. The zero-order valence-electron chi connectivity index (χ0n) is 8.51. The van der Waals surface area contributed by atoms with Crippen molar-refractivity contribution in [1.82, 2.24) is 4.98 Å². The molecule has 0 bridgehead atoms. The number of aromatic nitrogens is 1. The lowest BCUT2D eigenvalue weighted by atomic mass is 10.2. The lowest BCUT2D eigenvalue weighted by Gasteiger charge is -2.05. The largest absolute Gasteiger partial charge is 0.463 e. The average Bonchev–Trinajstić information content (AvgIpc) is 2.83. The second kappa shape index (κ2) is 4.44. The molecule has 2 rings (SSSR count). The maximum absolute atomic E-state index is 11.2. The van der Waals surface area contributed by atoms with Crippen molar-refractivity contribution in [3.8, 4) is 11.5 Å². The molecule has 0 saturated carbocycles. The summed E-state index contributed by atoms with van der Waals surface area (Å²) in [5.74, 6) is 0.334. The summed E-state index contributed by atoms with van der Waals surface area (Å²) < 4.78 is 5.24. The number of pyridine rings is 1. The van der Waals surface area contributed by atoms with E-state index in [0.717, 1.165) is 0 Å². The molecule has 2 aromatic rings. The Bertz CT molecular complexity index is 503. The Morgan fingerprint density at radius 1 is 1.44 bits per heavy atom. The molecular formula is C12H10N2O2. The molecule has 0 aliphatic heterocycles. The Kier molecular flexibility index (Phi) is 2.82. The fourth-order valence-corrected chi connectivity index (χ4v) is 1.30. The standard InChI is InChI=1S/C12H10N2O2/c1-2-11(15)14-9-5-3-7-13-12(9)10-6-4-8-16-10/h2-8H,1H2,(H,14,15). The van der Waals surface area contributed by atoms with E-state index in [9.17, 15) is 4.79 Å². The van der Waals surface area contributed by atoms with Gasteiger partial charge in [-0.3, -0.25) is 9.78 Å². The van der Waals surface area contributed by atoms with Gasteiger partial charge in [0.2, 0.25) is 5.91 Å². The molecule has 0 fully saturated rings. The van der Waals surface area contributed by atoms with E-state index in [1.54, 1.807) is 36.7 Å². The molecule has 0 atom stereocenters. The van der Waals surface area contributed by atoms with Crippen molar-refractivity contribution in [3.63, 3.8) is 0 Å². The van der Waals surface area contributed by atoms with Crippen molar-refractivity contribution in [1.29, 1.82) is 0 Å². The monoisotopic (exact) mass is 214 g/mol. The topological polar surface area (TPSA) is 55.1 Å². The minimum atomic E-state index is -0.277. The number of carbonyl (C=O) groups is 1. The van der Waals surface area contributed by atoms with Crippen molar-refractivity contribution in [2.45, 2.75) is 0 Å². The highest BCUT2D eigenvalue weighted by molar-refractivity contribution is 6.00. The van der Waals surface area contributed by atoms with E-state index >= 15 is 0 Å². The van der Waals surface area contributed by atoms with E-state index < -0.39 is 0 Å². The van der Waals surface area contributed by atoms with Gasteiger partial charge in [-0.15, -0.1) is 0 Å². The number of amides is 1. The number of hydrogen-bond donors (Lipinski definition) is 1. The van der Waals surface area contributed by atoms with Crippen LogP contribution in [0.3, 0.4) is 0 Å². The molecule has 2 aromatic heterocycles. The predicted octanol–water partition coefficient (Wildman–Crippen LogP) is 2.47. The number of carbonyl (C=O) groups excluding carboxylic acids is 1. The first kappa shape index (κ1) is 10.2. The molecule has 80 valence electrons. The molecule has 0 saturated heterocycles. The number of nitrogens with one attached hydrogen (secondary N) is 1. The van der Waals surface area contributed by atoms with Crippen LogP contribution in [0.2, 0.25) is 0 Å². The van der Waals surface area contributed by atoms with Gasteiger partial charge in [0, 0.05) is 6.20 Å². The summed E-state index contributed by atoms with van der Waals surface area (Å²) in [6.45, 7) is 3.39. The Hall–Kier alpha value is -2.36. The van der Waals surface area contributed by atoms with Gasteiger partial charge in [-0.05, 0) is 30.3 Å². The number of rotatable bonds is 3. The lowest BCUT2D eigenvalue weighted by molar-refractivity contribution is -0.111. The summed E-state index contributed by atoms with van der Waals surface area (Å²) in [6.07, 6.45) is 4.41. The van der Waals surface area contributed by atoms with Gasteiger partial charge in [0.05, 0.1) is 12.0 Å². The first-order valence-corrected chi connectivity index (χ1v) is 4.73. The van der Waals surface area contributed by atoms with Gasteiger partial charge in [-0.2, -0.15) is 0 Å². The lowest BCUT2D eigenvalue weighted by Crippen LogP contribution is -2.08. The normalized spacial score (nSPS) is 9.75. The third-order valence-electron chi connectivity index (χ3n) is 2.01. The molecule has 4 nitrogen and oxygen atoms in total. The molecule has 16 heavy (non-hydrogen) atoms.